The van der Waals surface area contributed by atoms with Crippen molar-refractivity contribution in [3.8, 4) is 17.2 Å². The van der Waals surface area contributed by atoms with Crippen LogP contribution in [-0.2, 0) is 16.7 Å². The molecule has 0 radical (unpaired) electrons. The van der Waals surface area contributed by atoms with Crippen molar-refractivity contribution in [1.82, 2.24) is 10.6 Å². The second-order valence-corrected chi connectivity index (χ2v) is 8.05. The van der Waals surface area contributed by atoms with Gasteiger partial charge in [0.25, 0.3) is 0 Å². The zero-order chi connectivity index (χ0) is 22.2. The Hall–Kier alpha value is -2.20. The number of aliphatic imine (C=N–C) groups is 1. The Morgan fingerprint density at radius 3 is 2.61 bits per heavy atom. The summed E-state index contributed by atoms with van der Waals surface area (Å²) in [6.07, 6.45) is 1.87. The second kappa shape index (κ2) is 12.3. The van der Waals surface area contributed by atoms with E-state index < -0.39 is 0 Å². The molecule has 2 heterocycles. The Balaban J connectivity index is 0.00000306. The minimum absolute atomic E-state index is 0. The summed E-state index contributed by atoms with van der Waals surface area (Å²) < 4.78 is 22.6. The fourth-order valence-corrected chi connectivity index (χ4v) is 4.25. The highest BCUT2D eigenvalue weighted by Gasteiger charge is 2.35. The molecule has 0 amide bonds. The number of nitrogens with one attached hydrogen (secondary N) is 2. The van der Waals surface area contributed by atoms with Crippen LogP contribution in [0.3, 0.4) is 0 Å². The van der Waals surface area contributed by atoms with Gasteiger partial charge in [-0.15, -0.1) is 24.0 Å². The third-order valence-corrected chi connectivity index (χ3v) is 6.05. The van der Waals surface area contributed by atoms with E-state index in [1.54, 1.807) is 0 Å². The lowest BCUT2D eigenvalue weighted by molar-refractivity contribution is 0.0513. The maximum Gasteiger partial charge on any atom is 0.231 e. The van der Waals surface area contributed by atoms with Crippen LogP contribution < -0.4 is 24.8 Å². The highest BCUT2D eigenvalue weighted by Crippen LogP contribution is 2.40. The van der Waals surface area contributed by atoms with Crippen LogP contribution in [0.1, 0.15) is 37.8 Å². The predicted octanol–water partition coefficient (Wildman–Crippen LogP) is 4.24. The molecule has 2 aliphatic rings. The van der Waals surface area contributed by atoms with Crippen molar-refractivity contribution in [3.63, 3.8) is 0 Å². The smallest absolute Gasteiger partial charge is 0.231 e. The molecule has 4 rings (SSSR count). The quantitative estimate of drug-likeness (QED) is 0.283. The summed E-state index contributed by atoms with van der Waals surface area (Å²) in [4.78, 5) is 4.83. The number of nitrogens with zero attached hydrogens (tertiary/aromatic N) is 1. The van der Waals surface area contributed by atoms with Gasteiger partial charge in [-0.3, -0.25) is 0 Å². The van der Waals surface area contributed by atoms with Crippen LogP contribution in [-0.4, -0.2) is 45.7 Å². The maximum atomic E-state index is 5.75. The summed E-state index contributed by atoms with van der Waals surface area (Å²) in [5.41, 5.74) is 2.26. The molecule has 0 aromatic heterocycles. The normalized spacial score (nSPS) is 16.6. The highest BCUT2D eigenvalue weighted by atomic mass is 127. The standard InChI is InChI=1S/C25H33N3O4.HI/c1-3-26-24(27-16-19-7-5-6-8-21(19)30-4-2)28-17-25(11-13-29-14-12-25)20-9-10-22-23(15-20)32-18-31-22;/h5-10,15H,3-4,11-14,16-18H2,1-2H3,(H2,26,27,28);1H. The van der Waals surface area contributed by atoms with E-state index in [4.69, 9.17) is 23.9 Å². The molecule has 2 N–H and O–H groups in total. The first-order valence-electron chi connectivity index (χ1n) is 11.4. The van der Waals surface area contributed by atoms with E-state index >= 15 is 0 Å². The van der Waals surface area contributed by atoms with Gasteiger partial charge >= 0.3 is 0 Å². The van der Waals surface area contributed by atoms with Gasteiger partial charge in [0.1, 0.15) is 5.75 Å². The number of halogens is 1. The molecule has 0 saturated carbocycles. The molecule has 180 valence electrons. The van der Waals surface area contributed by atoms with Crippen LogP contribution in [0.5, 0.6) is 17.2 Å². The Kier molecular flexibility index (Phi) is 9.49. The minimum atomic E-state index is -0.0569. The second-order valence-electron chi connectivity index (χ2n) is 8.05. The molecule has 8 heteroatoms. The van der Waals surface area contributed by atoms with Crippen molar-refractivity contribution < 1.29 is 18.9 Å². The monoisotopic (exact) mass is 567 g/mol. The molecular formula is C25H34IN3O4. The minimum Gasteiger partial charge on any atom is -0.494 e. The van der Waals surface area contributed by atoms with E-state index in [2.05, 4.69) is 35.8 Å². The summed E-state index contributed by atoms with van der Waals surface area (Å²) >= 11 is 0. The molecule has 7 nitrogen and oxygen atoms in total. The van der Waals surface area contributed by atoms with Gasteiger partial charge < -0.3 is 29.6 Å². The average molecular weight is 567 g/mol. The van der Waals surface area contributed by atoms with Crippen molar-refractivity contribution in [2.45, 2.75) is 38.6 Å². The Morgan fingerprint density at radius 1 is 1.03 bits per heavy atom. The summed E-state index contributed by atoms with van der Waals surface area (Å²) in [6.45, 7) is 8.58. The molecule has 1 fully saturated rings. The van der Waals surface area contributed by atoms with Crippen molar-refractivity contribution in [3.05, 3.63) is 53.6 Å². The van der Waals surface area contributed by atoms with E-state index in [0.717, 1.165) is 67.9 Å². The molecule has 2 aromatic carbocycles. The zero-order valence-corrected chi connectivity index (χ0v) is 21.7. The number of hydrogen-bond acceptors (Lipinski definition) is 5. The summed E-state index contributed by atoms with van der Waals surface area (Å²) in [5, 5.41) is 6.97. The third-order valence-electron chi connectivity index (χ3n) is 6.05. The fourth-order valence-electron chi connectivity index (χ4n) is 4.25. The lowest BCUT2D eigenvalue weighted by Gasteiger charge is -2.38. The SMILES string of the molecule is CCNC(=NCc1ccccc1OCC)NCC1(c2ccc3c(c2)OCO3)CCOCC1.I. The van der Waals surface area contributed by atoms with E-state index in [0.29, 0.717) is 13.2 Å². The van der Waals surface area contributed by atoms with E-state index in [9.17, 15) is 0 Å². The molecule has 2 aliphatic heterocycles. The van der Waals surface area contributed by atoms with Crippen molar-refractivity contribution in [2.24, 2.45) is 4.99 Å². The summed E-state index contributed by atoms with van der Waals surface area (Å²) in [6, 6.07) is 14.3. The number of guanidine groups is 1. The molecule has 0 atom stereocenters. The number of fused-ring (bicyclic) bond motifs is 1. The Morgan fingerprint density at radius 2 is 1.82 bits per heavy atom. The number of rotatable bonds is 8. The van der Waals surface area contributed by atoms with Gasteiger partial charge in [0.2, 0.25) is 6.79 Å². The van der Waals surface area contributed by atoms with Gasteiger partial charge in [-0.1, -0.05) is 24.3 Å². The highest BCUT2D eigenvalue weighted by molar-refractivity contribution is 14.0. The average Bonchev–Trinajstić information content (AvgIpc) is 3.31. The molecule has 2 aromatic rings. The number of hydrogen-bond donors (Lipinski definition) is 2. The predicted molar refractivity (Wildman–Crippen MR) is 140 cm³/mol. The Labute approximate surface area is 213 Å². The van der Waals surface area contributed by atoms with Gasteiger partial charge in [0, 0.05) is 37.3 Å². The maximum absolute atomic E-state index is 5.75. The lowest BCUT2D eigenvalue weighted by atomic mass is 9.74. The van der Waals surface area contributed by atoms with Crippen LogP contribution in [0.25, 0.3) is 0 Å². The third kappa shape index (κ3) is 6.23. The van der Waals surface area contributed by atoms with Crippen molar-refractivity contribution in [2.75, 3.05) is 39.7 Å². The lowest BCUT2D eigenvalue weighted by Crippen LogP contribution is -2.48. The fraction of sp³-hybridized carbons (Fsp3) is 0.480. The molecule has 0 unspecified atom stereocenters. The number of para-hydroxylation sites is 1. The van der Waals surface area contributed by atoms with Gasteiger partial charge in [0.05, 0.1) is 13.2 Å². The van der Waals surface area contributed by atoms with Gasteiger partial charge in [-0.05, 0) is 50.5 Å². The summed E-state index contributed by atoms with van der Waals surface area (Å²) in [5.74, 6) is 3.31. The van der Waals surface area contributed by atoms with E-state index in [-0.39, 0.29) is 36.2 Å². The van der Waals surface area contributed by atoms with Crippen LogP contribution in [0.15, 0.2) is 47.5 Å². The first-order valence-corrected chi connectivity index (χ1v) is 11.4. The van der Waals surface area contributed by atoms with Crippen molar-refractivity contribution in [1.29, 1.82) is 0 Å². The molecule has 1 saturated heterocycles. The van der Waals surface area contributed by atoms with E-state index in [1.807, 2.05) is 31.2 Å². The first kappa shape index (κ1) is 25.4. The number of ether oxygens (including phenoxy) is 4. The topological polar surface area (TPSA) is 73.3 Å². The molecular weight excluding hydrogens is 533 g/mol. The largest absolute Gasteiger partial charge is 0.494 e. The summed E-state index contributed by atoms with van der Waals surface area (Å²) in [7, 11) is 0. The van der Waals surface area contributed by atoms with Gasteiger partial charge in [-0.2, -0.15) is 0 Å². The van der Waals surface area contributed by atoms with Crippen LogP contribution in [0.2, 0.25) is 0 Å². The number of benzene rings is 2. The Bertz CT molecular complexity index is 932. The van der Waals surface area contributed by atoms with E-state index in [1.165, 1.54) is 5.56 Å². The zero-order valence-electron chi connectivity index (χ0n) is 19.4. The van der Waals surface area contributed by atoms with Crippen molar-refractivity contribution >= 4 is 29.9 Å². The molecule has 0 aliphatic carbocycles. The van der Waals surface area contributed by atoms with Gasteiger partial charge in [0.15, 0.2) is 17.5 Å². The first-order chi connectivity index (χ1) is 15.7. The van der Waals surface area contributed by atoms with Crippen LogP contribution in [0, 0.1) is 0 Å². The van der Waals surface area contributed by atoms with Crippen LogP contribution in [0.4, 0.5) is 0 Å². The molecule has 33 heavy (non-hydrogen) atoms. The molecule has 0 bridgehead atoms. The van der Waals surface area contributed by atoms with Crippen LogP contribution >= 0.6 is 24.0 Å². The van der Waals surface area contributed by atoms with Gasteiger partial charge in [-0.25, -0.2) is 4.99 Å². The molecule has 0 spiro atoms.